The molecule has 2 amide bonds. The largest absolute Gasteiger partial charge is 0.481 e. The highest BCUT2D eigenvalue weighted by Crippen LogP contribution is 2.41. The number of fused-ring (bicyclic) bond motifs is 1. The molecule has 3 aromatic carbocycles. The molecule has 0 fully saturated rings. The molecule has 1 aromatic heterocycles. The molecule has 0 saturated heterocycles. The molecule has 240 valence electrons. The molecule has 8 nitrogen and oxygen atoms in total. The second kappa shape index (κ2) is 14.7. The Morgan fingerprint density at radius 2 is 1.58 bits per heavy atom. The van der Waals surface area contributed by atoms with Gasteiger partial charge in [0.25, 0.3) is 11.8 Å². The average Bonchev–Trinajstić information content (AvgIpc) is 3.40. The highest BCUT2D eigenvalue weighted by Gasteiger charge is 2.45. The van der Waals surface area contributed by atoms with Crippen molar-refractivity contribution in [3.8, 4) is 22.5 Å². The second-order valence-electron chi connectivity index (χ2n) is 9.65. The van der Waals surface area contributed by atoms with Crippen LogP contribution < -0.4 is 15.5 Å². The molecule has 4 rings (SSSR count). The molecule has 0 aliphatic carbocycles. The van der Waals surface area contributed by atoms with Crippen molar-refractivity contribution in [1.82, 2.24) is 10.6 Å². The van der Waals surface area contributed by atoms with Gasteiger partial charge in [-0.25, -0.2) is 4.39 Å². The van der Waals surface area contributed by atoms with Crippen molar-refractivity contribution in [1.29, 1.82) is 0 Å². The molecule has 1 heterocycles. The number of anilines is 1. The van der Waals surface area contributed by atoms with Gasteiger partial charge < -0.3 is 25.1 Å². The van der Waals surface area contributed by atoms with Crippen LogP contribution >= 0.6 is 0 Å². The maximum atomic E-state index is 13.6. The van der Waals surface area contributed by atoms with Gasteiger partial charge >= 0.3 is 12.1 Å². The molecule has 12 heteroatoms. The standard InChI is InChI=1S/C31H29F4N3O5.C2H6/c1-4-38(5-2)24-15-25-22(26(29(40)36-3)27(43-25)17-9-11-20(32)12-10-17)14-21(24)18-7-6-8-19(13-18)28(39)37-16-23(30(41)42)31(33,34)35;1-2/h6-15,23H,4-5,16H2,1-3H3,(H,36,40)(H,37,39)(H,41,42);1-2H3. The molecular formula is C33H35F4N3O5. The van der Waals surface area contributed by atoms with E-state index in [0.29, 0.717) is 46.4 Å². The molecule has 0 saturated carbocycles. The zero-order valence-corrected chi connectivity index (χ0v) is 25.5. The van der Waals surface area contributed by atoms with Crippen molar-refractivity contribution in [2.75, 3.05) is 31.6 Å². The van der Waals surface area contributed by atoms with Gasteiger partial charge in [0.05, 0.1) is 5.56 Å². The minimum atomic E-state index is -5.03. The Labute approximate surface area is 258 Å². The highest BCUT2D eigenvalue weighted by molar-refractivity contribution is 6.13. The molecule has 0 bridgehead atoms. The molecule has 3 N–H and O–H groups in total. The minimum absolute atomic E-state index is 0.0140. The van der Waals surface area contributed by atoms with Crippen LogP contribution in [-0.2, 0) is 4.79 Å². The topological polar surface area (TPSA) is 112 Å². The lowest BCUT2D eigenvalue weighted by Gasteiger charge is -2.24. The Balaban J connectivity index is 0.00000271. The smallest absolute Gasteiger partial charge is 0.403 e. The zero-order chi connectivity index (χ0) is 33.5. The van der Waals surface area contributed by atoms with Gasteiger partial charge in [-0.15, -0.1) is 0 Å². The van der Waals surface area contributed by atoms with Gasteiger partial charge in [0.15, 0.2) is 5.92 Å². The predicted octanol–water partition coefficient (Wildman–Crippen LogP) is 7.13. The van der Waals surface area contributed by atoms with E-state index < -0.39 is 42.2 Å². The van der Waals surface area contributed by atoms with Crippen LogP contribution in [-0.4, -0.2) is 55.7 Å². The van der Waals surface area contributed by atoms with E-state index in [1.165, 1.54) is 43.4 Å². The molecule has 1 unspecified atom stereocenters. The zero-order valence-electron chi connectivity index (χ0n) is 25.5. The fraction of sp³-hybridized carbons (Fsp3) is 0.303. The maximum Gasteiger partial charge on any atom is 0.403 e. The van der Waals surface area contributed by atoms with Crippen LogP contribution in [0.1, 0.15) is 48.4 Å². The number of halogens is 4. The SMILES string of the molecule is CC.CCN(CC)c1cc2oc(-c3ccc(F)cc3)c(C(=O)NC)c2cc1-c1cccc(C(=O)NCC(C(=O)O)C(F)(F)F)c1. The Morgan fingerprint density at radius 3 is 2.13 bits per heavy atom. The first kappa shape index (κ1) is 34.6. The summed E-state index contributed by atoms with van der Waals surface area (Å²) in [7, 11) is 1.47. The second-order valence-corrected chi connectivity index (χ2v) is 9.65. The van der Waals surface area contributed by atoms with Crippen LogP contribution in [0, 0.1) is 11.7 Å². The number of alkyl halides is 3. The van der Waals surface area contributed by atoms with Crippen molar-refractivity contribution >= 4 is 34.4 Å². The maximum absolute atomic E-state index is 13.6. The van der Waals surface area contributed by atoms with E-state index in [9.17, 15) is 31.9 Å². The summed E-state index contributed by atoms with van der Waals surface area (Å²) in [4.78, 5) is 39.0. The Kier molecular flexibility index (Phi) is 11.3. The number of furan rings is 1. The van der Waals surface area contributed by atoms with E-state index in [1.807, 2.05) is 32.6 Å². The van der Waals surface area contributed by atoms with Gasteiger partial charge in [-0.3, -0.25) is 14.4 Å². The number of rotatable bonds is 10. The quantitative estimate of drug-likeness (QED) is 0.161. The van der Waals surface area contributed by atoms with E-state index in [1.54, 1.807) is 24.3 Å². The first-order valence-electron chi connectivity index (χ1n) is 14.4. The molecular weight excluding hydrogens is 594 g/mol. The fourth-order valence-corrected chi connectivity index (χ4v) is 4.81. The van der Waals surface area contributed by atoms with Gasteiger partial charge in [0, 0.05) is 60.5 Å². The number of hydrogen-bond acceptors (Lipinski definition) is 5. The third kappa shape index (κ3) is 7.62. The number of carbonyl (C=O) groups is 3. The van der Waals surface area contributed by atoms with E-state index in [4.69, 9.17) is 9.52 Å². The molecule has 0 radical (unpaired) electrons. The van der Waals surface area contributed by atoms with Crippen molar-refractivity contribution in [3.05, 3.63) is 77.6 Å². The number of nitrogens with one attached hydrogen (secondary N) is 2. The molecule has 0 aliphatic heterocycles. The van der Waals surface area contributed by atoms with Crippen molar-refractivity contribution < 1.29 is 41.5 Å². The first-order chi connectivity index (χ1) is 21.4. The summed E-state index contributed by atoms with van der Waals surface area (Å²) in [5.41, 5.74) is 2.96. The van der Waals surface area contributed by atoms with Crippen molar-refractivity contribution in [2.24, 2.45) is 5.92 Å². The number of hydrogen-bond donors (Lipinski definition) is 3. The number of benzene rings is 3. The summed E-state index contributed by atoms with van der Waals surface area (Å²) in [5.74, 6) is -6.38. The summed E-state index contributed by atoms with van der Waals surface area (Å²) in [6, 6.07) is 15.2. The van der Waals surface area contributed by atoms with Crippen LogP contribution in [0.4, 0.5) is 23.2 Å². The number of carboxylic acids is 1. The monoisotopic (exact) mass is 629 g/mol. The van der Waals surface area contributed by atoms with Gasteiger partial charge in [-0.05, 0) is 61.9 Å². The van der Waals surface area contributed by atoms with Crippen molar-refractivity contribution in [3.63, 3.8) is 0 Å². The summed E-state index contributed by atoms with van der Waals surface area (Å²) >= 11 is 0. The number of aliphatic carboxylic acids is 1. The lowest BCUT2D eigenvalue weighted by atomic mass is 9.96. The summed E-state index contributed by atoms with van der Waals surface area (Å²) < 4.78 is 59.0. The van der Waals surface area contributed by atoms with Crippen LogP contribution in [0.2, 0.25) is 0 Å². The van der Waals surface area contributed by atoms with E-state index in [2.05, 4.69) is 10.6 Å². The van der Waals surface area contributed by atoms with Crippen LogP contribution in [0.3, 0.4) is 0 Å². The van der Waals surface area contributed by atoms with Crippen LogP contribution in [0.15, 0.2) is 65.1 Å². The van der Waals surface area contributed by atoms with Crippen molar-refractivity contribution in [2.45, 2.75) is 33.9 Å². The third-order valence-corrected chi connectivity index (χ3v) is 7.07. The lowest BCUT2D eigenvalue weighted by Crippen LogP contribution is -2.41. The minimum Gasteiger partial charge on any atom is -0.481 e. The summed E-state index contributed by atoms with van der Waals surface area (Å²) in [6.45, 7) is 7.95. The van der Waals surface area contributed by atoms with Gasteiger partial charge in [-0.2, -0.15) is 13.2 Å². The Hall–Kier alpha value is -4.87. The lowest BCUT2D eigenvalue weighted by molar-refractivity contribution is -0.192. The number of carboxylic acid groups (broad SMARTS) is 1. The number of carbonyl (C=O) groups excluding carboxylic acids is 2. The Morgan fingerprint density at radius 1 is 0.933 bits per heavy atom. The van der Waals surface area contributed by atoms with E-state index in [0.717, 1.165) is 0 Å². The van der Waals surface area contributed by atoms with Crippen LogP contribution in [0.25, 0.3) is 33.4 Å². The summed E-state index contributed by atoms with van der Waals surface area (Å²) in [6.07, 6.45) is -5.03. The summed E-state index contributed by atoms with van der Waals surface area (Å²) in [5, 5.41) is 14.1. The molecule has 45 heavy (non-hydrogen) atoms. The molecule has 0 aliphatic rings. The van der Waals surface area contributed by atoms with E-state index in [-0.39, 0.29) is 16.9 Å². The Bertz CT molecular complexity index is 1660. The highest BCUT2D eigenvalue weighted by atomic mass is 19.4. The fourth-order valence-electron chi connectivity index (χ4n) is 4.81. The molecule has 4 aromatic rings. The normalized spacial score (nSPS) is 11.8. The van der Waals surface area contributed by atoms with Gasteiger partial charge in [0.2, 0.25) is 0 Å². The first-order valence-corrected chi connectivity index (χ1v) is 14.4. The predicted molar refractivity (Wildman–Crippen MR) is 165 cm³/mol. The van der Waals surface area contributed by atoms with Gasteiger partial charge in [0.1, 0.15) is 17.2 Å². The average molecular weight is 630 g/mol. The van der Waals surface area contributed by atoms with E-state index >= 15 is 0 Å². The molecule has 1 atom stereocenters. The number of amides is 2. The van der Waals surface area contributed by atoms with Crippen LogP contribution in [0.5, 0.6) is 0 Å². The third-order valence-electron chi connectivity index (χ3n) is 7.07. The number of nitrogens with zero attached hydrogens (tertiary/aromatic N) is 1. The molecule has 0 spiro atoms. The van der Waals surface area contributed by atoms with Gasteiger partial charge in [-0.1, -0.05) is 26.0 Å².